The van der Waals surface area contributed by atoms with Crippen LogP contribution in [0.25, 0.3) is 10.6 Å². The highest BCUT2D eigenvalue weighted by atomic mass is 35.5. The van der Waals surface area contributed by atoms with Gasteiger partial charge in [0.1, 0.15) is 4.32 Å². The van der Waals surface area contributed by atoms with Crippen molar-refractivity contribution in [2.24, 2.45) is 0 Å². The maximum atomic E-state index is 12.6. The van der Waals surface area contributed by atoms with Crippen LogP contribution in [0.2, 0.25) is 0 Å². The predicted molar refractivity (Wildman–Crippen MR) is 152 cm³/mol. The van der Waals surface area contributed by atoms with Gasteiger partial charge in [0.15, 0.2) is 0 Å². The third-order valence-electron chi connectivity index (χ3n) is 5.20. The highest BCUT2D eigenvalue weighted by molar-refractivity contribution is 8.26. The summed E-state index contributed by atoms with van der Waals surface area (Å²) in [5.41, 5.74) is 3.52. The van der Waals surface area contributed by atoms with E-state index in [9.17, 15) is 4.79 Å². The summed E-state index contributed by atoms with van der Waals surface area (Å²) in [4.78, 5) is 18.1. The summed E-state index contributed by atoms with van der Waals surface area (Å²) in [5.74, 6) is -0.140. The SMILES string of the molecule is C=CCN1C(=O)C(=CC(Cl)=CC=C2SC(c3ccccc3)=C(c3ccccc3)N2CC)SC1=S. The molecule has 0 aromatic heterocycles. The number of benzene rings is 2. The zero-order valence-corrected chi connectivity index (χ0v) is 21.8. The number of allylic oxidation sites excluding steroid dienone is 4. The normalized spacial score (nSPS) is 19.2. The number of halogens is 1. The highest BCUT2D eigenvalue weighted by Crippen LogP contribution is 2.50. The van der Waals surface area contributed by atoms with E-state index in [0.717, 1.165) is 11.6 Å². The Balaban J connectivity index is 1.66. The van der Waals surface area contributed by atoms with E-state index in [1.54, 1.807) is 23.9 Å². The molecule has 0 unspecified atom stereocenters. The molecule has 1 amide bonds. The Morgan fingerprint density at radius 3 is 2.29 bits per heavy atom. The maximum absolute atomic E-state index is 12.6. The molecule has 172 valence electrons. The van der Waals surface area contributed by atoms with Gasteiger partial charge >= 0.3 is 0 Å². The lowest BCUT2D eigenvalue weighted by Gasteiger charge is -2.21. The molecule has 1 fully saturated rings. The van der Waals surface area contributed by atoms with Crippen molar-refractivity contribution in [2.75, 3.05) is 13.1 Å². The largest absolute Gasteiger partial charge is 0.335 e. The number of hydrogen-bond donors (Lipinski definition) is 0. The van der Waals surface area contributed by atoms with Crippen molar-refractivity contribution < 1.29 is 4.79 Å². The zero-order valence-electron chi connectivity index (χ0n) is 18.6. The number of thioether (sulfide) groups is 2. The number of amides is 1. The Labute approximate surface area is 219 Å². The number of hydrogen-bond acceptors (Lipinski definition) is 5. The van der Waals surface area contributed by atoms with Crippen LogP contribution in [0, 0.1) is 0 Å². The molecule has 2 heterocycles. The van der Waals surface area contributed by atoms with Gasteiger partial charge in [0.25, 0.3) is 5.91 Å². The number of thiocarbonyl (C=S) groups is 1. The van der Waals surface area contributed by atoms with Crippen molar-refractivity contribution in [2.45, 2.75) is 6.92 Å². The molecule has 2 aromatic rings. The van der Waals surface area contributed by atoms with Crippen LogP contribution in [0.5, 0.6) is 0 Å². The lowest BCUT2D eigenvalue weighted by molar-refractivity contribution is -0.121. The van der Waals surface area contributed by atoms with Crippen molar-refractivity contribution in [3.8, 4) is 0 Å². The Bertz CT molecular complexity index is 1230. The molecule has 0 atom stereocenters. The number of carbonyl (C=O) groups is 1. The summed E-state index contributed by atoms with van der Waals surface area (Å²) >= 11 is 14.8. The van der Waals surface area contributed by atoms with Gasteiger partial charge in [0, 0.05) is 23.0 Å². The minimum absolute atomic E-state index is 0.140. The smallest absolute Gasteiger partial charge is 0.266 e. The lowest BCUT2D eigenvalue weighted by atomic mass is 10.1. The van der Waals surface area contributed by atoms with Crippen molar-refractivity contribution in [1.82, 2.24) is 9.80 Å². The second kappa shape index (κ2) is 11.3. The van der Waals surface area contributed by atoms with Crippen LogP contribution < -0.4 is 0 Å². The van der Waals surface area contributed by atoms with E-state index in [2.05, 4.69) is 66.9 Å². The van der Waals surface area contributed by atoms with Crippen molar-refractivity contribution in [3.63, 3.8) is 0 Å². The summed E-state index contributed by atoms with van der Waals surface area (Å²) in [7, 11) is 0. The lowest BCUT2D eigenvalue weighted by Crippen LogP contribution is -2.27. The molecular weight excluding hydrogens is 500 g/mol. The first-order valence-electron chi connectivity index (χ1n) is 10.8. The van der Waals surface area contributed by atoms with Gasteiger partial charge in [-0.25, -0.2) is 0 Å². The minimum atomic E-state index is -0.140. The van der Waals surface area contributed by atoms with Crippen LogP contribution in [-0.2, 0) is 4.79 Å². The fourth-order valence-electron chi connectivity index (χ4n) is 3.66. The van der Waals surface area contributed by atoms with Crippen LogP contribution in [-0.4, -0.2) is 33.1 Å². The molecule has 3 nitrogen and oxygen atoms in total. The molecule has 2 aromatic carbocycles. The van der Waals surface area contributed by atoms with E-state index < -0.39 is 0 Å². The first-order valence-corrected chi connectivity index (χ1v) is 13.2. The summed E-state index contributed by atoms with van der Waals surface area (Å²) in [6, 6.07) is 20.8. The van der Waals surface area contributed by atoms with Gasteiger partial charge in [-0.2, -0.15) is 0 Å². The third kappa shape index (κ3) is 5.26. The van der Waals surface area contributed by atoms with Gasteiger partial charge in [-0.05, 0) is 36.3 Å². The van der Waals surface area contributed by atoms with Gasteiger partial charge < -0.3 is 4.90 Å². The fraction of sp³-hybridized carbons (Fsp3) is 0.111. The number of nitrogens with zero attached hydrogens (tertiary/aromatic N) is 2. The standard InChI is InChI=1S/C27H23ClN2OS3/c1-3-17-30-26(31)22(33-27(30)32)18-21(28)15-16-23-29(4-2)24(19-11-7-5-8-12-19)25(34-23)20-13-9-6-10-14-20/h3,5-16,18H,1,4,17H2,2H3. The second-order valence-electron chi connectivity index (χ2n) is 7.39. The Morgan fingerprint density at radius 2 is 1.68 bits per heavy atom. The van der Waals surface area contributed by atoms with Gasteiger partial charge in [-0.15, -0.1) is 6.58 Å². The monoisotopic (exact) mass is 522 g/mol. The van der Waals surface area contributed by atoms with E-state index in [1.807, 2.05) is 24.3 Å². The fourth-order valence-corrected chi connectivity index (χ4v) is 6.41. The molecule has 0 saturated carbocycles. The first kappa shape index (κ1) is 24.6. The molecule has 0 bridgehead atoms. The zero-order chi connectivity index (χ0) is 24.1. The van der Waals surface area contributed by atoms with Crippen LogP contribution in [0.1, 0.15) is 18.1 Å². The Morgan fingerprint density at radius 1 is 1.03 bits per heavy atom. The molecule has 7 heteroatoms. The second-order valence-corrected chi connectivity index (χ2v) is 10.5. The average Bonchev–Trinajstić information content (AvgIpc) is 3.36. The van der Waals surface area contributed by atoms with Crippen molar-refractivity contribution >= 4 is 68.2 Å². The molecule has 0 radical (unpaired) electrons. The molecule has 0 spiro atoms. The van der Waals surface area contributed by atoms with E-state index in [0.29, 0.717) is 20.8 Å². The Hall–Kier alpha value is -2.51. The molecule has 1 saturated heterocycles. The summed E-state index contributed by atoms with van der Waals surface area (Å²) in [6.45, 7) is 7.03. The predicted octanol–water partition coefficient (Wildman–Crippen LogP) is 7.48. The highest BCUT2D eigenvalue weighted by Gasteiger charge is 2.31. The van der Waals surface area contributed by atoms with Gasteiger partial charge in [-0.3, -0.25) is 9.69 Å². The third-order valence-corrected chi connectivity index (χ3v) is 8.01. The van der Waals surface area contributed by atoms with E-state index >= 15 is 0 Å². The van der Waals surface area contributed by atoms with Crippen molar-refractivity contribution in [3.05, 3.63) is 118 Å². The molecular formula is C27H23ClN2OS3. The summed E-state index contributed by atoms with van der Waals surface area (Å²) in [6.07, 6.45) is 7.19. The van der Waals surface area contributed by atoms with Crippen LogP contribution in [0.15, 0.2) is 107 Å². The van der Waals surface area contributed by atoms with E-state index in [4.69, 9.17) is 23.8 Å². The van der Waals surface area contributed by atoms with Gasteiger partial charge in [-0.1, -0.05) is 114 Å². The molecule has 2 aliphatic heterocycles. The van der Waals surface area contributed by atoms with Gasteiger partial charge in [0.05, 0.1) is 15.6 Å². The molecule has 34 heavy (non-hydrogen) atoms. The van der Waals surface area contributed by atoms with E-state index in [-0.39, 0.29) is 5.91 Å². The van der Waals surface area contributed by atoms with Crippen LogP contribution >= 0.6 is 47.3 Å². The van der Waals surface area contributed by atoms with E-state index in [1.165, 1.54) is 38.4 Å². The molecule has 0 N–H and O–H groups in total. The maximum Gasteiger partial charge on any atom is 0.266 e. The Kier molecular flexibility index (Phi) is 8.16. The van der Waals surface area contributed by atoms with Gasteiger partial charge in [0.2, 0.25) is 0 Å². The van der Waals surface area contributed by atoms with Crippen LogP contribution in [0.3, 0.4) is 0 Å². The van der Waals surface area contributed by atoms with Crippen molar-refractivity contribution in [1.29, 1.82) is 0 Å². The average molecular weight is 523 g/mol. The summed E-state index contributed by atoms with van der Waals surface area (Å²) < 4.78 is 0.520. The molecule has 2 aliphatic rings. The van der Waals surface area contributed by atoms with Crippen LogP contribution in [0.4, 0.5) is 0 Å². The summed E-state index contributed by atoms with van der Waals surface area (Å²) in [5, 5.41) is 1.55. The number of carbonyl (C=O) groups excluding carboxylic acids is 1. The first-order chi connectivity index (χ1) is 16.5. The number of rotatable bonds is 7. The topological polar surface area (TPSA) is 23.6 Å². The molecule has 4 rings (SSSR count). The molecule has 0 aliphatic carbocycles. The quantitative estimate of drug-likeness (QED) is 0.213. The minimum Gasteiger partial charge on any atom is -0.335 e.